The number of nitrogens with one attached hydrogen (secondary N) is 2. The van der Waals surface area contributed by atoms with E-state index in [0.717, 1.165) is 9.13 Å². The average Bonchev–Trinajstić information content (AvgIpc) is 3.26. The predicted molar refractivity (Wildman–Crippen MR) is 143 cm³/mol. The van der Waals surface area contributed by atoms with E-state index in [4.69, 9.17) is 4.52 Å². The Morgan fingerprint density at radius 1 is 1.26 bits per heavy atom. The lowest BCUT2D eigenvalue weighted by atomic mass is 10.0. The lowest BCUT2D eigenvalue weighted by molar-refractivity contribution is 0.0947. The quantitative estimate of drug-likeness (QED) is 0.241. The number of halogens is 1. The van der Waals surface area contributed by atoms with Gasteiger partial charge in [-0.2, -0.15) is 5.26 Å². The fourth-order valence-electron chi connectivity index (χ4n) is 3.83. The summed E-state index contributed by atoms with van der Waals surface area (Å²) < 4.78 is 21.3. The van der Waals surface area contributed by atoms with Gasteiger partial charge in [0.05, 0.1) is 29.2 Å². The maximum absolute atomic E-state index is 14.7. The minimum absolute atomic E-state index is 0.104. The zero-order valence-electron chi connectivity index (χ0n) is 19.4. The summed E-state index contributed by atoms with van der Waals surface area (Å²) in [6.07, 6.45) is 3.00. The molecule has 4 aromatic rings. The fraction of sp³-hybridized carbons (Fsp3) is 0.200. The van der Waals surface area contributed by atoms with Crippen molar-refractivity contribution in [2.24, 2.45) is 0 Å². The molecule has 2 heterocycles. The Labute approximate surface area is 216 Å². The summed E-state index contributed by atoms with van der Waals surface area (Å²) in [7, 11) is -2.42. The van der Waals surface area contributed by atoms with Crippen molar-refractivity contribution in [1.82, 2.24) is 20.3 Å². The predicted octanol–water partition coefficient (Wildman–Crippen LogP) is 4.36. The van der Waals surface area contributed by atoms with Gasteiger partial charge in [-0.3, -0.25) is 9.36 Å². The van der Waals surface area contributed by atoms with Gasteiger partial charge in [-0.15, -0.1) is 0 Å². The molecule has 4 rings (SSSR count). The number of amides is 1. The van der Waals surface area contributed by atoms with Gasteiger partial charge in [0.2, 0.25) is 0 Å². The van der Waals surface area contributed by atoms with Gasteiger partial charge in [0, 0.05) is 33.1 Å². The molecule has 1 unspecified atom stereocenters. The minimum atomic E-state index is -3.79. The van der Waals surface area contributed by atoms with Crippen molar-refractivity contribution in [3.63, 3.8) is 0 Å². The summed E-state index contributed by atoms with van der Waals surface area (Å²) in [4.78, 5) is 24.5. The van der Waals surface area contributed by atoms with Crippen LogP contribution in [0.1, 0.15) is 47.1 Å². The first-order valence-corrected chi connectivity index (χ1v) is 13.5. The highest BCUT2D eigenvalue weighted by Gasteiger charge is 2.36. The largest absolute Gasteiger partial charge is 0.350 e. The second-order valence-electron chi connectivity index (χ2n) is 8.24. The highest BCUT2D eigenvalue weighted by molar-refractivity contribution is 14.1. The summed E-state index contributed by atoms with van der Waals surface area (Å²) in [5, 5.41) is 13.7. The smallest absolute Gasteiger partial charge is 0.268 e. The first-order chi connectivity index (χ1) is 16.8. The fourth-order valence-corrected chi connectivity index (χ4v) is 6.55. The van der Waals surface area contributed by atoms with Crippen LogP contribution in [0.3, 0.4) is 0 Å². The van der Waals surface area contributed by atoms with E-state index in [1.54, 1.807) is 30.5 Å². The molecule has 0 radical (unpaired) electrons. The van der Waals surface area contributed by atoms with Crippen LogP contribution in [-0.4, -0.2) is 28.0 Å². The van der Waals surface area contributed by atoms with Crippen LogP contribution in [0.15, 0.2) is 55.0 Å². The zero-order valence-corrected chi connectivity index (χ0v) is 22.4. The highest BCUT2D eigenvalue weighted by Crippen LogP contribution is 2.47. The Bertz CT molecular complexity index is 1490. The van der Waals surface area contributed by atoms with E-state index in [1.807, 2.05) is 32.0 Å². The molecular formula is C25H23IN5O3P. The van der Waals surface area contributed by atoms with E-state index < -0.39 is 13.3 Å². The van der Waals surface area contributed by atoms with Crippen LogP contribution >= 0.6 is 30.0 Å². The molecule has 178 valence electrons. The van der Waals surface area contributed by atoms with Crippen molar-refractivity contribution in [3.8, 4) is 6.07 Å². The number of carbonyl (C=O) groups excluding carboxylic acids is 1. The number of benzene rings is 2. The van der Waals surface area contributed by atoms with Gasteiger partial charge in [0.15, 0.2) is 0 Å². The number of aromatic nitrogens is 3. The maximum Gasteiger partial charge on any atom is 0.268 e. The summed E-state index contributed by atoms with van der Waals surface area (Å²) in [5.74, 6) is -0.338. The second kappa shape index (κ2) is 10.3. The molecule has 10 heteroatoms. The normalized spacial score (nSPS) is 12.9. The van der Waals surface area contributed by atoms with Gasteiger partial charge in [-0.25, -0.2) is 9.97 Å². The standard InChI is InChI=1S/C25H23IN5O3P/c1-15(2)17-8-16(12-27)9-20(10-17)35(33,34-3)24-21-11-18(26)4-5-22(21)31-23(24)25(32)29-13-19-6-7-28-14-30-19/h4-11,14-15,31H,13H2,1-3H3,(H,29,32). The van der Waals surface area contributed by atoms with Gasteiger partial charge < -0.3 is 14.8 Å². The number of nitriles is 1. The molecule has 0 saturated heterocycles. The number of carbonyl (C=O) groups is 1. The van der Waals surface area contributed by atoms with E-state index in [9.17, 15) is 14.6 Å². The number of fused-ring (bicyclic) bond motifs is 1. The van der Waals surface area contributed by atoms with Crippen LogP contribution < -0.4 is 15.9 Å². The van der Waals surface area contributed by atoms with Crippen molar-refractivity contribution in [3.05, 3.63) is 81.1 Å². The number of hydrogen-bond acceptors (Lipinski definition) is 6. The monoisotopic (exact) mass is 599 g/mol. The van der Waals surface area contributed by atoms with Crippen LogP contribution in [0.2, 0.25) is 0 Å². The molecule has 1 atom stereocenters. The van der Waals surface area contributed by atoms with Crippen LogP contribution in [0, 0.1) is 14.9 Å². The van der Waals surface area contributed by atoms with Gasteiger partial charge in [0.1, 0.15) is 12.0 Å². The van der Waals surface area contributed by atoms with Gasteiger partial charge in [-0.05, 0) is 76.5 Å². The van der Waals surface area contributed by atoms with E-state index in [-0.39, 0.29) is 23.5 Å². The number of H-pyrrole nitrogens is 1. The van der Waals surface area contributed by atoms with E-state index in [2.05, 4.69) is 48.9 Å². The van der Waals surface area contributed by atoms with Crippen LogP contribution in [0.4, 0.5) is 0 Å². The first-order valence-electron chi connectivity index (χ1n) is 10.8. The molecular weight excluding hydrogens is 576 g/mol. The van der Waals surface area contributed by atoms with Crippen LogP contribution in [0.5, 0.6) is 0 Å². The lowest BCUT2D eigenvalue weighted by Crippen LogP contribution is -2.30. The number of nitrogens with zero attached hydrogens (tertiary/aromatic N) is 3. The molecule has 0 fully saturated rings. The molecule has 1 amide bonds. The molecule has 0 aliphatic heterocycles. The number of hydrogen-bond donors (Lipinski definition) is 2. The van der Waals surface area contributed by atoms with Gasteiger partial charge in [0.25, 0.3) is 13.3 Å². The molecule has 8 nitrogen and oxygen atoms in total. The van der Waals surface area contributed by atoms with Crippen molar-refractivity contribution < 1.29 is 13.9 Å². The first kappa shape index (κ1) is 25.0. The summed E-state index contributed by atoms with van der Waals surface area (Å²) in [6.45, 7) is 4.17. The lowest BCUT2D eigenvalue weighted by Gasteiger charge is -2.20. The topological polar surface area (TPSA) is 121 Å². The zero-order chi connectivity index (χ0) is 25.2. The summed E-state index contributed by atoms with van der Waals surface area (Å²) >= 11 is 2.17. The Balaban J connectivity index is 1.90. The summed E-state index contributed by atoms with van der Waals surface area (Å²) in [6, 6.07) is 14.6. The SMILES string of the molecule is COP(=O)(c1cc(C#N)cc(C(C)C)c1)c1c(C(=O)NCc2ccncn2)[nH]c2ccc(I)cc12. The van der Waals surface area contributed by atoms with Crippen LogP contribution in [0.25, 0.3) is 10.9 Å². The molecule has 0 aliphatic rings. The minimum Gasteiger partial charge on any atom is -0.350 e. The summed E-state index contributed by atoms with van der Waals surface area (Å²) in [5.41, 5.74) is 2.69. The second-order valence-corrected chi connectivity index (χ2v) is 11.9. The third-order valence-corrected chi connectivity index (χ3v) is 8.84. The van der Waals surface area contributed by atoms with E-state index >= 15 is 0 Å². The molecule has 35 heavy (non-hydrogen) atoms. The molecule has 0 aliphatic carbocycles. The van der Waals surface area contributed by atoms with Gasteiger partial charge >= 0.3 is 0 Å². The molecule has 2 aromatic heterocycles. The molecule has 2 N–H and O–H groups in total. The third-order valence-electron chi connectivity index (χ3n) is 5.66. The van der Waals surface area contributed by atoms with Crippen molar-refractivity contribution in [2.45, 2.75) is 26.3 Å². The Hall–Kier alpha value is -3.06. The highest BCUT2D eigenvalue weighted by atomic mass is 127. The van der Waals surface area contributed by atoms with Crippen LogP contribution in [-0.2, 0) is 15.6 Å². The van der Waals surface area contributed by atoms with Crippen molar-refractivity contribution in [1.29, 1.82) is 5.26 Å². The molecule has 0 spiro atoms. The average molecular weight is 599 g/mol. The molecule has 0 bridgehead atoms. The van der Waals surface area contributed by atoms with E-state index in [0.29, 0.717) is 27.5 Å². The Morgan fingerprint density at radius 3 is 2.71 bits per heavy atom. The molecule has 2 aromatic carbocycles. The van der Waals surface area contributed by atoms with Gasteiger partial charge in [-0.1, -0.05) is 13.8 Å². The third kappa shape index (κ3) is 5.01. The Morgan fingerprint density at radius 2 is 2.06 bits per heavy atom. The maximum atomic E-state index is 14.7. The van der Waals surface area contributed by atoms with Crippen molar-refractivity contribution in [2.75, 3.05) is 7.11 Å². The number of aromatic amines is 1. The molecule has 0 saturated carbocycles. The number of rotatable bonds is 7. The Kier molecular flexibility index (Phi) is 7.36. The van der Waals surface area contributed by atoms with Crippen molar-refractivity contribution >= 4 is 57.4 Å². The van der Waals surface area contributed by atoms with E-state index in [1.165, 1.54) is 13.4 Å².